The Morgan fingerprint density at radius 2 is 2.38 bits per heavy atom. The van der Waals surface area contributed by atoms with Crippen molar-refractivity contribution in [2.24, 2.45) is 5.73 Å². The van der Waals surface area contributed by atoms with E-state index in [9.17, 15) is 4.79 Å². The Bertz CT molecular complexity index is 439. The first-order valence-corrected chi connectivity index (χ1v) is 5.16. The van der Waals surface area contributed by atoms with E-state index in [1.807, 2.05) is 13.0 Å². The van der Waals surface area contributed by atoms with Crippen molar-refractivity contribution in [3.8, 4) is 6.07 Å². The van der Waals surface area contributed by atoms with Crippen molar-refractivity contribution in [1.82, 2.24) is 0 Å². The molecule has 1 amide bonds. The Labute approximate surface area is 99.0 Å². The van der Waals surface area contributed by atoms with Crippen LogP contribution in [0.15, 0.2) is 18.2 Å². The molecule has 1 aromatic carbocycles. The zero-order chi connectivity index (χ0) is 12.1. The topological polar surface area (TPSA) is 78.9 Å². The molecule has 0 aliphatic carbocycles. The van der Waals surface area contributed by atoms with Crippen molar-refractivity contribution in [1.29, 1.82) is 5.26 Å². The van der Waals surface area contributed by atoms with Crippen LogP contribution in [0.5, 0.6) is 0 Å². The molecule has 0 radical (unpaired) electrons. The van der Waals surface area contributed by atoms with Crippen molar-refractivity contribution in [2.45, 2.75) is 19.4 Å². The Hall–Kier alpha value is -1.73. The molecule has 1 unspecified atom stereocenters. The van der Waals surface area contributed by atoms with Crippen LogP contribution < -0.4 is 11.1 Å². The second-order valence-corrected chi connectivity index (χ2v) is 3.90. The molecule has 3 N–H and O–H groups in total. The molecular formula is C11H12ClN3O. The van der Waals surface area contributed by atoms with Crippen molar-refractivity contribution in [3.05, 3.63) is 28.8 Å². The SMILES string of the molecule is CC(CC(N)=O)Nc1cccc(Cl)c1C#N. The van der Waals surface area contributed by atoms with E-state index >= 15 is 0 Å². The van der Waals surface area contributed by atoms with E-state index in [2.05, 4.69) is 5.32 Å². The highest BCUT2D eigenvalue weighted by Gasteiger charge is 2.10. The summed E-state index contributed by atoms with van der Waals surface area (Å²) < 4.78 is 0. The van der Waals surface area contributed by atoms with Crippen LogP contribution in [0.25, 0.3) is 0 Å². The number of hydrogen-bond acceptors (Lipinski definition) is 3. The van der Waals surface area contributed by atoms with Crippen molar-refractivity contribution >= 4 is 23.2 Å². The molecule has 0 heterocycles. The molecule has 1 atom stereocenters. The molecule has 84 valence electrons. The number of benzene rings is 1. The van der Waals surface area contributed by atoms with Crippen LogP contribution in [0.1, 0.15) is 18.9 Å². The second kappa shape index (κ2) is 5.38. The molecule has 4 nitrogen and oxygen atoms in total. The maximum absolute atomic E-state index is 10.7. The minimum atomic E-state index is -0.388. The minimum absolute atomic E-state index is 0.136. The quantitative estimate of drug-likeness (QED) is 0.839. The number of anilines is 1. The molecule has 1 rings (SSSR count). The average Bonchev–Trinajstić information content (AvgIpc) is 2.16. The van der Waals surface area contributed by atoms with Gasteiger partial charge in [-0.1, -0.05) is 17.7 Å². The zero-order valence-corrected chi connectivity index (χ0v) is 9.58. The monoisotopic (exact) mass is 237 g/mol. The normalized spacial score (nSPS) is 11.6. The predicted octanol–water partition coefficient (Wildman–Crippen LogP) is 1.89. The van der Waals surface area contributed by atoms with E-state index in [4.69, 9.17) is 22.6 Å². The van der Waals surface area contributed by atoms with Crippen LogP contribution in [0.3, 0.4) is 0 Å². The summed E-state index contributed by atoms with van der Waals surface area (Å²) in [7, 11) is 0. The molecule has 0 saturated heterocycles. The lowest BCUT2D eigenvalue weighted by molar-refractivity contribution is -0.118. The Balaban J connectivity index is 2.85. The van der Waals surface area contributed by atoms with Gasteiger partial charge in [0.1, 0.15) is 6.07 Å². The van der Waals surface area contributed by atoms with Crippen LogP contribution in [0.2, 0.25) is 5.02 Å². The number of nitrogens with zero attached hydrogens (tertiary/aromatic N) is 1. The van der Waals surface area contributed by atoms with E-state index in [1.54, 1.807) is 18.2 Å². The first-order chi connectivity index (χ1) is 7.54. The second-order valence-electron chi connectivity index (χ2n) is 3.49. The van der Waals surface area contributed by atoms with Gasteiger partial charge in [0.15, 0.2) is 0 Å². The minimum Gasteiger partial charge on any atom is -0.381 e. The maximum Gasteiger partial charge on any atom is 0.219 e. The number of nitrogens with two attached hydrogens (primary N) is 1. The lowest BCUT2D eigenvalue weighted by Gasteiger charge is -2.14. The number of carbonyl (C=O) groups excluding carboxylic acids is 1. The van der Waals surface area contributed by atoms with E-state index in [1.165, 1.54) is 0 Å². The van der Waals surface area contributed by atoms with Gasteiger partial charge in [-0.3, -0.25) is 4.79 Å². The molecule has 5 heteroatoms. The highest BCUT2D eigenvalue weighted by Crippen LogP contribution is 2.24. The van der Waals surface area contributed by atoms with E-state index in [-0.39, 0.29) is 18.4 Å². The molecule has 0 saturated carbocycles. The fourth-order valence-corrected chi connectivity index (χ4v) is 1.59. The van der Waals surface area contributed by atoms with Crippen molar-refractivity contribution in [2.75, 3.05) is 5.32 Å². The summed E-state index contributed by atoms with van der Waals surface area (Å²) in [4.78, 5) is 10.7. The predicted molar refractivity (Wildman–Crippen MR) is 63.1 cm³/mol. The van der Waals surface area contributed by atoms with Gasteiger partial charge in [-0.05, 0) is 19.1 Å². The molecule has 1 aromatic rings. The Kier molecular flexibility index (Phi) is 4.15. The average molecular weight is 238 g/mol. The highest BCUT2D eigenvalue weighted by atomic mass is 35.5. The number of rotatable bonds is 4. The molecule has 0 bridgehead atoms. The Morgan fingerprint density at radius 3 is 2.94 bits per heavy atom. The molecule has 0 spiro atoms. The third-order valence-corrected chi connectivity index (χ3v) is 2.35. The number of primary amides is 1. The van der Waals surface area contributed by atoms with Gasteiger partial charge in [0.2, 0.25) is 5.91 Å². The van der Waals surface area contributed by atoms with Gasteiger partial charge in [0.05, 0.1) is 16.3 Å². The smallest absolute Gasteiger partial charge is 0.219 e. The van der Waals surface area contributed by atoms with Gasteiger partial charge in [0.25, 0.3) is 0 Å². The van der Waals surface area contributed by atoms with E-state index < -0.39 is 0 Å². The lowest BCUT2D eigenvalue weighted by Crippen LogP contribution is -2.24. The van der Waals surface area contributed by atoms with Crippen LogP contribution in [-0.2, 0) is 4.79 Å². The third kappa shape index (κ3) is 3.14. The maximum atomic E-state index is 10.7. The van der Waals surface area contributed by atoms with E-state index in [0.29, 0.717) is 16.3 Å². The Morgan fingerprint density at radius 1 is 1.69 bits per heavy atom. The van der Waals surface area contributed by atoms with Gasteiger partial charge < -0.3 is 11.1 Å². The molecule has 16 heavy (non-hydrogen) atoms. The summed E-state index contributed by atoms with van der Waals surface area (Å²) in [5.41, 5.74) is 6.07. The molecule has 0 aliphatic rings. The molecule has 0 aliphatic heterocycles. The molecule has 0 aromatic heterocycles. The lowest BCUT2D eigenvalue weighted by atomic mass is 10.1. The zero-order valence-electron chi connectivity index (χ0n) is 8.83. The van der Waals surface area contributed by atoms with Crippen LogP contribution in [0.4, 0.5) is 5.69 Å². The van der Waals surface area contributed by atoms with Crippen molar-refractivity contribution < 1.29 is 4.79 Å². The first-order valence-electron chi connectivity index (χ1n) is 4.78. The number of carbonyl (C=O) groups is 1. The summed E-state index contributed by atoms with van der Waals surface area (Å²) >= 11 is 5.86. The number of nitrogens with one attached hydrogen (secondary N) is 1. The summed E-state index contributed by atoms with van der Waals surface area (Å²) in [6.07, 6.45) is 0.206. The number of nitriles is 1. The van der Waals surface area contributed by atoms with Gasteiger partial charge >= 0.3 is 0 Å². The van der Waals surface area contributed by atoms with Crippen LogP contribution >= 0.6 is 11.6 Å². The number of amides is 1. The fourth-order valence-electron chi connectivity index (χ4n) is 1.38. The summed E-state index contributed by atoms with van der Waals surface area (Å²) in [6.45, 7) is 1.81. The standard InChI is InChI=1S/C11H12ClN3O/c1-7(5-11(14)16)15-10-4-2-3-9(12)8(10)6-13/h2-4,7,15H,5H2,1H3,(H2,14,16). The van der Waals surface area contributed by atoms with E-state index in [0.717, 1.165) is 0 Å². The third-order valence-electron chi connectivity index (χ3n) is 2.03. The largest absolute Gasteiger partial charge is 0.381 e. The molecule has 0 fully saturated rings. The summed E-state index contributed by atoms with van der Waals surface area (Å²) in [6, 6.07) is 7.00. The highest BCUT2D eigenvalue weighted by molar-refractivity contribution is 6.32. The van der Waals surface area contributed by atoms with Gasteiger partial charge in [-0.2, -0.15) is 5.26 Å². The van der Waals surface area contributed by atoms with Crippen LogP contribution in [-0.4, -0.2) is 11.9 Å². The summed E-state index contributed by atoms with van der Waals surface area (Å²) in [5.74, 6) is -0.388. The first kappa shape index (κ1) is 12.3. The van der Waals surface area contributed by atoms with Gasteiger partial charge in [-0.25, -0.2) is 0 Å². The number of hydrogen-bond donors (Lipinski definition) is 2. The van der Waals surface area contributed by atoms with Gasteiger partial charge in [0, 0.05) is 12.5 Å². The van der Waals surface area contributed by atoms with Gasteiger partial charge in [-0.15, -0.1) is 0 Å². The van der Waals surface area contributed by atoms with Crippen molar-refractivity contribution in [3.63, 3.8) is 0 Å². The molecular weight excluding hydrogens is 226 g/mol. The fraction of sp³-hybridized carbons (Fsp3) is 0.273. The van der Waals surface area contributed by atoms with Crippen LogP contribution in [0, 0.1) is 11.3 Å². The summed E-state index contributed by atoms with van der Waals surface area (Å²) in [5, 5.41) is 12.3. The number of halogens is 1.